The number of amides is 3. The third kappa shape index (κ3) is 6.93. The number of para-hydroxylation sites is 2. The van der Waals surface area contributed by atoms with Gasteiger partial charge in [0, 0.05) is 30.0 Å². The Morgan fingerprint density at radius 3 is 2.03 bits per heavy atom. The zero-order valence-electron chi connectivity index (χ0n) is 19.6. The van der Waals surface area contributed by atoms with Crippen molar-refractivity contribution in [3.8, 4) is 11.5 Å². The van der Waals surface area contributed by atoms with Crippen LogP contribution < -0.4 is 20.3 Å². The summed E-state index contributed by atoms with van der Waals surface area (Å²) in [6, 6.07) is 30.9. The second kappa shape index (κ2) is 12.2. The highest BCUT2D eigenvalue weighted by molar-refractivity contribution is 6.06. The summed E-state index contributed by atoms with van der Waals surface area (Å²) in [7, 11) is 0. The Bertz CT molecular complexity index is 1260. The second-order valence-electron chi connectivity index (χ2n) is 7.97. The van der Waals surface area contributed by atoms with Gasteiger partial charge in [-0.05, 0) is 79.2 Å². The molecule has 0 heterocycles. The molecular weight excluding hydrogens is 457 g/mol. The molecule has 0 aliphatic heterocycles. The van der Waals surface area contributed by atoms with Gasteiger partial charge in [0.15, 0.2) is 0 Å². The zero-order chi connectivity index (χ0) is 25.2. The van der Waals surface area contributed by atoms with E-state index in [1.807, 2.05) is 48.5 Å². The molecule has 4 aromatic carbocycles. The molecule has 6 nitrogen and oxygen atoms in total. The first-order valence-corrected chi connectivity index (χ1v) is 11.6. The van der Waals surface area contributed by atoms with Crippen LogP contribution in [-0.4, -0.2) is 25.0 Å². The van der Waals surface area contributed by atoms with Crippen LogP contribution in [0.4, 0.5) is 20.6 Å². The van der Waals surface area contributed by atoms with Crippen LogP contribution in [0.3, 0.4) is 0 Å². The molecule has 0 spiro atoms. The summed E-state index contributed by atoms with van der Waals surface area (Å²) in [5.41, 5.74) is 1.73. The Hall–Kier alpha value is -4.65. The van der Waals surface area contributed by atoms with Gasteiger partial charge in [-0.25, -0.2) is 9.18 Å². The van der Waals surface area contributed by atoms with Crippen LogP contribution in [0.1, 0.15) is 16.8 Å². The number of rotatable bonds is 9. The average Bonchev–Trinajstić information content (AvgIpc) is 2.91. The fraction of sp³-hybridized carbons (Fsp3) is 0.103. The Morgan fingerprint density at radius 1 is 0.750 bits per heavy atom. The van der Waals surface area contributed by atoms with Gasteiger partial charge < -0.3 is 20.3 Å². The van der Waals surface area contributed by atoms with Crippen LogP contribution in [0.5, 0.6) is 11.5 Å². The lowest BCUT2D eigenvalue weighted by Crippen LogP contribution is -2.35. The summed E-state index contributed by atoms with van der Waals surface area (Å²) < 4.78 is 19.2. The van der Waals surface area contributed by atoms with E-state index in [9.17, 15) is 14.0 Å². The number of anilines is 2. The Labute approximate surface area is 209 Å². The van der Waals surface area contributed by atoms with Gasteiger partial charge in [0.05, 0.1) is 0 Å². The number of nitrogens with one attached hydrogen (secondary N) is 2. The molecule has 0 saturated heterocycles. The first-order valence-electron chi connectivity index (χ1n) is 11.6. The fourth-order valence-electron chi connectivity index (χ4n) is 3.55. The minimum absolute atomic E-state index is 0.263. The van der Waals surface area contributed by atoms with Crippen LogP contribution in [0, 0.1) is 5.82 Å². The molecule has 0 radical (unpaired) electrons. The topological polar surface area (TPSA) is 70.7 Å². The summed E-state index contributed by atoms with van der Waals surface area (Å²) in [6.45, 7) is 0.710. The molecule has 0 bridgehead atoms. The largest absolute Gasteiger partial charge is 0.457 e. The highest BCUT2D eigenvalue weighted by Crippen LogP contribution is 2.25. The van der Waals surface area contributed by atoms with Crippen molar-refractivity contribution in [2.75, 3.05) is 23.3 Å². The summed E-state index contributed by atoms with van der Waals surface area (Å²) in [4.78, 5) is 27.0. The molecular formula is C29H26FN3O3. The second-order valence-corrected chi connectivity index (χ2v) is 7.97. The number of nitrogens with zero attached hydrogens (tertiary/aromatic N) is 1. The van der Waals surface area contributed by atoms with Crippen LogP contribution in [0.2, 0.25) is 0 Å². The maximum absolute atomic E-state index is 13.4. The van der Waals surface area contributed by atoms with Gasteiger partial charge in [-0.2, -0.15) is 0 Å². The molecule has 4 rings (SSSR count). The van der Waals surface area contributed by atoms with E-state index in [4.69, 9.17) is 4.74 Å². The number of urea groups is 1. The maximum atomic E-state index is 13.4. The minimum atomic E-state index is -0.408. The molecule has 0 atom stereocenters. The van der Waals surface area contributed by atoms with Crippen LogP contribution >= 0.6 is 0 Å². The van der Waals surface area contributed by atoms with Crippen LogP contribution in [0.25, 0.3) is 0 Å². The van der Waals surface area contributed by atoms with Gasteiger partial charge in [-0.15, -0.1) is 0 Å². The Balaban J connectivity index is 1.41. The standard InChI is InChI=1S/C29H26FN3O3/c30-23-14-12-22(13-15-23)28(34)33(21-7-20-31-29(35)32-24-8-3-1-4-9-24)25-16-18-27(19-17-25)36-26-10-5-2-6-11-26/h1-6,8-19H,7,20-21H2,(H2,31,32,35). The van der Waals surface area contributed by atoms with E-state index in [2.05, 4.69) is 10.6 Å². The summed E-state index contributed by atoms with van der Waals surface area (Å²) in [6.07, 6.45) is 0.511. The van der Waals surface area contributed by atoms with Crippen molar-refractivity contribution >= 4 is 23.3 Å². The first-order chi connectivity index (χ1) is 17.6. The van der Waals surface area contributed by atoms with E-state index in [1.165, 1.54) is 24.3 Å². The smallest absolute Gasteiger partial charge is 0.319 e. The lowest BCUT2D eigenvalue weighted by Gasteiger charge is -2.23. The van der Waals surface area contributed by atoms with Crippen molar-refractivity contribution in [3.05, 3.63) is 121 Å². The average molecular weight is 484 g/mol. The maximum Gasteiger partial charge on any atom is 0.319 e. The molecule has 0 aromatic heterocycles. The van der Waals surface area contributed by atoms with Gasteiger partial charge >= 0.3 is 6.03 Å². The van der Waals surface area contributed by atoms with E-state index in [-0.39, 0.29) is 11.9 Å². The molecule has 3 amide bonds. The van der Waals surface area contributed by atoms with Gasteiger partial charge in [0.25, 0.3) is 5.91 Å². The van der Waals surface area contributed by atoms with Crippen molar-refractivity contribution in [2.24, 2.45) is 0 Å². The van der Waals surface area contributed by atoms with Gasteiger partial charge in [0.2, 0.25) is 0 Å². The van der Waals surface area contributed by atoms with Gasteiger partial charge in [-0.3, -0.25) is 4.79 Å². The van der Waals surface area contributed by atoms with Crippen LogP contribution in [0.15, 0.2) is 109 Å². The number of hydrogen-bond donors (Lipinski definition) is 2. The molecule has 0 saturated carbocycles. The number of carbonyl (C=O) groups is 2. The highest BCUT2D eigenvalue weighted by atomic mass is 19.1. The highest BCUT2D eigenvalue weighted by Gasteiger charge is 2.18. The minimum Gasteiger partial charge on any atom is -0.457 e. The van der Waals surface area contributed by atoms with Crippen LogP contribution in [-0.2, 0) is 0 Å². The van der Waals surface area contributed by atoms with E-state index < -0.39 is 5.82 Å². The lowest BCUT2D eigenvalue weighted by atomic mass is 10.1. The molecule has 4 aromatic rings. The molecule has 7 heteroatoms. The van der Waals surface area contributed by atoms with Gasteiger partial charge in [0.1, 0.15) is 17.3 Å². The van der Waals surface area contributed by atoms with E-state index in [0.717, 1.165) is 0 Å². The summed E-state index contributed by atoms with van der Waals surface area (Å²) in [5, 5.41) is 5.56. The van der Waals surface area contributed by atoms with Gasteiger partial charge in [-0.1, -0.05) is 36.4 Å². The van der Waals surface area contributed by atoms with E-state index in [1.54, 1.807) is 41.3 Å². The summed E-state index contributed by atoms with van der Waals surface area (Å²) >= 11 is 0. The first kappa shape index (κ1) is 24.5. The molecule has 0 aliphatic rings. The molecule has 182 valence electrons. The predicted molar refractivity (Wildman–Crippen MR) is 139 cm³/mol. The number of benzene rings is 4. The third-order valence-corrected chi connectivity index (χ3v) is 5.34. The lowest BCUT2D eigenvalue weighted by molar-refractivity contribution is 0.0986. The van der Waals surface area contributed by atoms with E-state index in [0.29, 0.717) is 47.9 Å². The normalized spacial score (nSPS) is 10.4. The van der Waals surface area contributed by atoms with Crippen molar-refractivity contribution in [2.45, 2.75) is 6.42 Å². The monoisotopic (exact) mass is 483 g/mol. The number of carbonyl (C=O) groups excluding carboxylic acids is 2. The van der Waals surface area contributed by atoms with Crippen molar-refractivity contribution < 1.29 is 18.7 Å². The third-order valence-electron chi connectivity index (χ3n) is 5.34. The number of ether oxygens (including phenoxy) is 1. The molecule has 0 unspecified atom stereocenters. The molecule has 36 heavy (non-hydrogen) atoms. The van der Waals surface area contributed by atoms with Crippen molar-refractivity contribution in [1.29, 1.82) is 0 Å². The zero-order valence-corrected chi connectivity index (χ0v) is 19.6. The Morgan fingerprint density at radius 2 is 1.36 bits per heavy atom. The quantitative estimate of drug-likeness (QED) is 0.268. The molecule has 0 fully saturated rings. The van der Waals surface area contributed by atoms with E-state index >= 15 is 0 Å². The summed E-state index contributed by atoms with van der Waals surface area (Å²) in [5.74, 6) is 0.678. The molecule has 0 aliphatic carbocycles. The SMILES string of the molecule is O=C(NCCCN(C(=O)c1ccc(F)cc1)c1ccc(Oc2ccccc2)cc1)Nc1ccccc1. The molecule has 2 N–H and O–H groups in total. The Kier molecular flexibility index (Phi) is 8.27. The fourth-order valence-corrected chi connectivity index (χ4v) is 3.55. The predicted octanol–water partition coefficient (Wildman–Crippen LogP) is 6.48. The van der Waals surface area contributed by atoms with Crippen molar-refractivity contribution in [1.82, 2.24) is 5.32 Å². The number of hydrogen-bond acceptors (Lipinski definition) is 3. The van der Waals surface area contributed by atoms with Crippen molar-refractivity contribution in [3.63, 3.8) is 0 Å². The number of halogens is 1.